The lowest BCUT2D eigenvalue weighted by molar-refractivity contribution is 0.0934. The molecule has 0 bridgehead atoms. The first-order valence-electron chi connectivity index (χ1n) is 7.35. The third kappa shape index (κ3) is 3.01. The van der Waals surface area contributed by atoms with Crippen LogP contribution in [0.3, 0.4) is 0 Å². The van der Waals surface area contributed by atoms with Crippen LogP contribution in [0.1, 0.15) is 39.5 Å². The van der Waals surface area contributed by atoms with Crippen molar-refractivity contribution in [2.75, 3.05) is 5.75 Å². The Balaban J connectivity index is 1.87. The fourth-order valence-electron chi connectivity index (χ4n) is 2.75. The summed E-state index contributed by atoms with van der Waals surface area (Å²) in [6.45, 7) is 4.02. The van der Waals surface area contributed by atoms with E-state index in [1.54, 1.807) is 0 Å². The molecule has 1 heterocycles. The Morgan fingerprint density at radius 1 is 1.27 bits per heavy atom. The van der Waals surface area contributed by atoms with Gasteiger partial charge < -0.3 is 5.32 Å². The molecule has 1 amide bonds. The molecule has 3 rings (SSSR count). The van der Waals surface area contributed by atoms with Crippen LogP contribution in [0.25, 0.3) is 0 Å². The monoisotopic (exact) mass is 331 g/mol. The predicted molar refractivity (Wildman–Crippen MR) is 92.9 cm³/mol. The zero-order valence-corrected chi connectivity index (χ0v) is 14.2. The van der Waals surface area contributed by atoms with E-state index in [0.29, 0.717) is 5.02 Å². The second-order valence-corrected chi connectivity index (χ2v) is 7.17. The van der Waals surface area contributed by atoms with Crippen molar-refractivity contribution in [3.05, 3.63) is 63.7 Å². The highest BCUT2D eigenvalue weighted by Gasteiger charge is 2.23. The summed E-state index contributed by atoms with van der Waals surface area (Å²) in [7, 11) is 0. The molecule has 2 nitrogen and oxygen atoms in total. The van der Waals surface area contributed by atoms with Crippen LogP contribution in [-0.4, -0.2) is 11.7 Å². The van der Waals surface area contributed by atoms with Crippen molar-refractivity contribution in [3.8, 4) is 0 Å². The fraction of sp³-hybridized carbons (Fsp3) is 0.278. The molecule has 2 aromatic carbocycles. The van der Waals surface area contributed by atoms with E-state index in [2.05, 4.69) is 5.32 Å². The molecule has 0 radical (unpaired) electrons. The van der Waals surface area contributed by atoms with Crippen molar-refractivity contribution in [1.82, 2.24) is 5.32 Å². The molecule has 1 aliphatic rings. The summed E-state index contributed by atoms with van der Waals surface area (Å²) < 4.78 is 0. The summed E-state index contributed by atoms with van der Waals surface area (Å²) >= 11 is 7.94. The van der Waals surface area contributed by atoms with Gasteiger partial charge in [-0.3, -0.25) is 4.79 Å². The summed E-state index contributed by atoms with van der Waals surface area (Å²) in [4.78, 5) is 13.8. The molecule has 0 aromatic heterocycles. The molecular formula is C18H18ClNOS. The van der Waals surface area contributed by atoms with Gasteiger partial charge in [-0.1, -0.05) is 23.7 Å². The Morgan fingerprint density at radius 3 is 2.91 bits per heavy atom. The van der Waals surface area contributed by atoms with Crippen LogP contribution in [0.4, 0.5) is 0 Å². The van der Waals surface area contributed by atoms with E-state index in [0.717, 1.165) is 34.4 Å². The van der Waals surface area contributed by atoms with Crippen molar-refractivity contribution in [2.24, 2.45) is 0 Å². The van der Waals surface area contributed by atoms with Crippen molar-refractivity contribution >= 4 is 29.3 Å². The Kier molecular flexibility index (Phi) is 4.46. The van der Waals surface area contributed by atoms with E-state index in [9.17, 15) is 4.79 Å². The van der Waals surface area contributed by atoms with Gasteiger partial charge in [-0.05, 0) is 61.2 Å². The molecule has 0 fully saturated rings. The Hall–Kier alpha value is -1.45. The maximum atomic E-state index is 12.6. The first-order valence-corrected chi connectivity index (χ1v) is 8.72. The van der Waals surface area contributed by atoms with Crippen LogP contribution in [0.2, 0.25) is 5.02 Å². The van der Waals surface area contributed by atoms with Gasteiger partial charge >= 0.3 is 0 Å². The first kappa shape index (κ1) is 15.4. The molecule has 1 aliphatic heterocycles. The average Bonchev–Trinajstić information content (AvgIpc) is 2.50. The zero-order valence-electron chi connectivity index (χ0n) is 12.7. The number of rotatable bonds is 2. The molecule has 1 unspecified atom stereocenters. The minimum Gasteiger partial charge on any atom is -0.345 e. The molecule has 0 aliphatic carbocycles. The third-order valence-electron chi connectivity index (χ3n) is 4.17. The predicted octanol–water partition coefficient (Wildman–Crippen LogP) is 4.92. The number of benzene rings is 2. The molecule has 1 atom stereocenters. The zero-order chi connectivity index (χ0) is 15.7. The summed E-state index contributed by atoms with van der Waals surface area (Å²) in [5.41, 5.74) is 4.05. The molecule has 2 aromatic rings. The van der Waals surface area contributed by atoms with Crippen LogP contribution in [0, 0.1) is 13.8 Å². The summed E-state index contributed by atoms with van der Waals surface area (Å²) in [6, 6.07) is 11.8. The highest BCUT2D eigenvalue weighted by atomic mass is 35.5. The second-order valence-electron chi connectivity index (χ2n) is 5.59. The molecule has 0 saturated carbocycles. The van der Waals surface area contributed by atoms with Gasteiger partial charge in [0.2, 0.25) is 0 Å². The number of fused-ring (bicyclic) bond motifs is 1. The number of carbonyl (C=O) groups is 1. The average molecular weight is 332 g/mol. The number of carbonyl (C=O) groups excluding carboxylic acids is 1. The van der Waals surface area contributed by atoms with Crippen LogP contribution in [0.5, 0.6) is 0 Å². The van der Waals surface area contributed by atoms with Gasteiger partial charge in [0.25, 0.3) is 5.91 Å². The normalized spacial score (nSPS) is 17.0. The summed E-state index contributed by atoms with van der Waals surface area (Å²) in [6.07, 6.45) is 0.925. The quantitative estimate of drug-likeness (QED) is 0.846. The van der Waals surface area contributed by atoms with E-state index in [1.165, 1.54) is 4.90 Å². The largest absolute Gasteiger partial charge is 0.345 e. The lowest BCUT2D eigenvalue weighted by Gasteiger charge is -2.26. The molecule has 0 spiro atoms. The smallest absolute Gasteiger partial charge is 0.252 e. The Morgan fingerprint density at radius 2 is 2.09 bits per heavy atom. The summed E-state index contributed by atoms with van der Waals surface area (Å²) in [5.74, 6) is 0.996. The molecule has 1 N–H and O–H groups in total. The number of aryl methyl sites for hydroxylation is 1. The van der Waals surface area contributed by atoms with Crippen LogP contribution >= 0.6 is 23.4 Å². The van der Waals surface area contributed by atoms with E-state index < -0.39 is 0 Å². The molecule has 0 saturated heterocycles. The lowest BCUT2D eigenvalue weighted by atomic mass is 10.0. The maximum absolute atomic E-state index is 12.6. The van der Waals surface area contributed by atoms with Gasteiger partial charge in [0, 0.05) is 21.2 Å². The van der Waals surface area contributed by atoms with Crippen molar-refractivity contribution < 1.29 is 4.79 Å². The number of halogens is 1. The SMILES string of the molecule is Cc1cccc(C(=O)NC2CCSc3ccc(Cl)cc32)c1C. The van der Waals surface area contributed by atoms with Crippen molar-refractivity contribution in [2.45, 2.75) is 31.2 Å². The van der Waals surface area contributed by atoms with Gasteiger partial charge in [0.1, 0.15) is 0 Å². The van der Waals surface area contributed by atoms with E-state index in [-0.39, 0.29) is 11.9 Å². The second kappa shape index (κ2) is 6.35. The summed E-state index contributed by atoms with van der Waals surface area (Å²) in [5, 5.41) is 3.89. The van der Waals surface area contributed by atoms with E-state index >= 15 is 0 Å². The number of nitrogens with one attached hydrogen (secondary N) is 1. The minimum absolute atomic E-state index is 0.0102. The topological polar surface area (TPSA) is 29.1 Å². The van der Waals surface area contributed by atoms with Gasteiger partial charge in [-0.15, -0.1) is 11.8 Å². The van der Waals surface area contributed by atoms with E-state index in [1.807, 2.05) is 62.0 Å². The van der Waals surface area contributed by atoms with Crippen molar-refractivity contribution in [3.63, 3.8) is 0 Å². The Bertz CT molecular complexity index is 729. The number of hydrogen-bond donors (Lipinski definition) is 1. The fourth-order valence-corrected chi connectivity index (χ4v) is 4.03. The number of hydrogen-bond acceptors (Lipinski definition) is 2. The van der Waals surface area contributed by atoms with Crippen LogP contribution in [0.15, 0.2) is 41.3 Å². The Labute approximate surface area is 140 Å². The number of thioether (sulfide) groups is 1. The molecule has 4 heteroatoms. The van der Waals surface area contributed by atoms with Crippen LogP contribution in [-0.2, 0) is 0 Å². The number of amides is 1. The van der Waals surface area contributed by atoms with Crippen molar-refractivity contribution in [1.29, 1.82) is 0 Å². The van der Waals surface area contributed by atoms with Gasteiger partial charge in [0.15, 0.2) is 0 Å². The highest BCUT2D eigenvalue weighted by molar-refractivity contribution is 7.99. The lowest BCUT2D eigenvalue weighted by Crippen LogP contribution is -2.31. The van der Waals surface area contributed by atoms with E-state index in [4.69, 9.17) is 11.6 Å². The standard InChI is InChI=1S/C18H18ClNOS/c1-11-4-3-5-14(12(11)2)18(21)20-16-8-9-22-17-7-6-13(19)10-15(16)17/h3-7,10,16H,8-9H2,1-2H3,(H,20,21). The van der Waals surface area contributed by atoms with Crippen LogP contribution < -0.4 is 5.32 Å². The molecule has 114 valence electrons. The minimum atomic E-state index is -0.0102. The highest BCUT2D eigenvalue weighted by Crippen LogP contribution is 2.37. The van der Waals surface area contributed by atoms with Gasteiger partial charge in [0.05, 0.1) is 6.04 Å². The first-order chi connectivity index (χ1) is 10.6. The molecule has 22 heavy (non-hydrogen) atoms. The van der Waals surface area contributed by atoms with Gasteiger partial charge in [-0.2, -0.15) is 0 Å². The third-order valence-corrected chi connectivity index (χ3v) is 5.52. The molecular weight excluding hydrogens is 314 g/mol. The van der Waals surface area contributed by atoms with Gasteiger partial charge in [-0.25, -0.2) is 0 Å². The maximum Gasteiger partial charge on any atom is 0.252 e.